The largest absolute Gasteiger partial charge is 0.466 e. The summed E-state index contributed by atoms with van der Waals surface area (Å²) < 4.78 is 15.6. The number of ether oxygens (including phenoxy) is 3. The molecule has 0 radical (unpaired) electrons. The third kappa shape index (κ3) is 14.5. The van der Waals surface area contributed by atoms with Gasteiger partial charge in [0.1, 0.15) is 0 Å². The Kier molecular flexibility index (Phi) is 16.5. The Balaban J connectivity index is 3.62. The average Bonchev–Trinajstić information content (AvgIpc) is 2.70. The van der Waals surface area contributed by atoms with Crippen molar-refractivity contribution in [1.82, 2.24) is 0 Å². The fourth-order valence-corrected chi connectivity index (χ4v) is 2.51. The number of unbranched alkanes of at least 4 members (excludes halogenated alkanes) is 2. The number of rotatable bonds is 17. The van der Waals surface area contributed by atoms with Gasteiger partial charge < -0.3 is 14.2 Å². The minimum Gasteiger partial charge on any atom is -0.466 e. The topological polar surface area (TPSA) is 78.9 Å². The molecule has 0 bridgehead atoms. The zero-order valence-electron chi connectivity index (χ0n) is 18.3. The summed E-state index contributed by atoms with van der Waals surface area (Å²) >= 11 is 0. The minimum absolute atomic E-state index is 0.108. The Morgan fingerprint density at radius 3 is 2.04 bits per heavy atom. The molecule has 0 N–H and O–H groups in total. The Labute approximate surface area is 170 Å². The maximum atomic E-state index is 11.8. The normalized spacial score (nSPS) is 12.9. The van der Waals surface area contributed by atoms with Gasteiger partial charge in [0.15, 0.2) is 0 Å². The summed E-state index contributed by atoms with van der Waals surface area (Å²) in [4.78, 5) is 34.9. The third-order valence-electron chi connectivity index (χ3n) is 4.85. The summed E-state index contributed by atoms with van der Waals surface area (Å²) in [5.74, 6) is -0.358. The van der Waals surface area contributed by atoms with Crippen LogP contribution in [-0.2, 0) is 28.6 Å². The van der Waals surface area contributed by atoms with Crippen molar-refractivity contribution in [3.63, 3.8) is 0 Å². The van der Waals surface area contributed by atoms with E-state index in [0.717, 1.165) is 25.7 Å². The van der Waals surface area contributed by atoms with Crippen LogP contribution in [0.4, 0.5) is 0 Å². The quantitative estimate of drug-likeness (QED) is 0.198. The molecule has 2 atom stereocenters. The number of hydrogen-bond acceptors (Lipinski definition) is 6. The first kappa shape index (κ1) is 26.4. The van der Waals surface area contributed by atoms with Crippen LogP contribution < -0.4 is 0 Å². The van der Waals surface area contributed by atoms with Gasteiger partial charge in [0.25, 0.3) is 0 Å². The highest BCUT2D eigenvalue weighted by atomic mass is 16.5. The van der Waals surface area contributed by atoms with Gasteiger partial charge >= 0.3 is 17.9 Å². The van der Waals surface area contributed by atoms with Gasteiger partial charge in [0.2, 0.25) is 0 Å². The van der Waals surface area contributed by atoms with Gasteiger partial charge in [-0.1, -0.05) is 47.0 Å². The van der Waals surface area contributed by atoms with Crippen molar-refractivity contribution >= 4 is 17.9 Å². The zero-order valence-corrected chi connectivity index (χ0v) is 18.3. The van der Waals surface area contributed by atoms with Crippen molar-refractivity contribution < 1.29 is 28.6 Å². The monoisotopic (exact) mass is 400 g/mol. The predicted molar refractivity (Wildman–Crippen MR) is 109 cm³/mol. The third-order valence-corrected chi connectivity index (χ3v) is 4.85. The van der Waals surface area contributed by atoms with E-state index >= 15 is 0 Å². The lowest BCUT2D eigenvalue weighted by atomic mass is 10.0. The summed E-state index contributed by atoms with van der Waals surface area (Å²) in [5.41, 5.74) is 0. The van der Waals surface area contributed by atoms with Gasteiger partial charge in [0.05, 0.1) is 25.7 Å². The molecule has 0 fully saturated rings. The van der Waals surface area contributed by atoms with Crippen molar-refractivity contribution in [2.24, 2.45) is 11.8 Å². The summed E-state index contributed by atoms with van der Waals surface area (Å²) in [7, 11) is 0. The summed E-state index contributed by atoms with van der Waals surface area (Å²) in [5, 5.41) is 0. The molecule has 6 heteroatoms. The van der Waals surface area contributed by atoms with Crippen LogP contribution in [0.5, 0.6) is 0 Å². The highest BCUT2D eigenvalue weighted by Gasteiger charge is 2.12. The Morgan fingerprint density at radius 2 is 1.39 bits per heavy atom. The predicted octanol–water partition coefficient (Wildman–Crippen LogP) is 4.83. The molecule has 0 aliphatic rings. The van der Waals surface area contributed by atoms with E-state index in [1.807, 2.05) is 13.8 Å². The summed E-state index contributed by atoms with van der Waals surface area (Å²) in [6.07, 6.45) is 7.53. The zero-order chi connectivity index (χ0) is 21.2. The van der Waals surface area contributed by atoms with Crippen molar-refractivity contribution in [3.8, 4) is 0 Å². The molecule has 0 aromatic heterocycles. The molecule has 0 heterocycles. The molecule has 0 aliphatic heterocycles. The van der Waals surface area contributed by atoms with Gasteiger partial charge in [-0.05, 0) is 38.0 Å². The Hall–Kier alpha value is -1.59. The second-order valence-corrected chi connectivity index (χ2v) is 7.36. The molecule has 0 rings (SSSR count). The van der Waals surface area contributed by atoms with E-state index in [-0.39, 0.29) is 36.9 Å². The van der Waals surface area contributed by atoms with Crippen molar-refractivity contribution in [2.75, 3.05) is 19.8 Å². The fraction of sp³-hybridized carbons (Fsp3) is 0.864. The number of esters is 3. The first-order chi connectivity index (χ1) is 13.4. The maximum Gasteiger partial charge on any atom is 0.308 e. The molecule has 0 aliphatic carbocycles. The van der Waals surface area contributed by atoms with E-state index in [9.17, 15) is 14.4 Å². The molecule has 164 valence electrons. The molecule has 28 heavy (non-hydrogen) atoms. The molecule has 0 amide bonds. The molecule has 0 saturated heterocycles. The molecule has 0 aromatic carbocycles. The van der Waals surface area contributed by atoms with Gasteiger partial charge in [-0.3, -0.25) is 14.4 Å². The second-order valence-electron chi connectivity index (χ2n) is 7.36. The van der Waals surface area contributed by atoms with E-state index in [4.69, 9.17) is 14.2 Å². The molecule has 0 saturated carbocycles. The van der Waals surface area contributed by atoms with Crippen LogP contribution in [0.15, 0.2) is 0 Å². The van der Waals surface area contributed by atoms with E-state index < -0.39 is 0 Å². The van der Waals surface area contributed by atoms with Gasteiger partial charge in [-0.15, -0.1) is 0 Å². The molecule has 2 unspecified atom stereocenters. The molecule has 6 nitrogen and oxygen atoms in total. The van der Waals surface area contributed by atoms with Crippen LogP contribution in [0.3, 0.4) is 0 Å². The van der Waals surface area contributed by atoms with Crippen LogP contribution in [0.25, 0.3) is 0 Å². The standard InChI is InChI=1S/C22H40O6/c1-5-8-12-19(7-3)17-28-21(24)13-9-10-15-26-20(23)14-11-16-27-22(25)18(4)6-2/h18-19H,5-17H2,1-4H3. The van der Waals surface area contributed by atoms with Gasteiger partial charge in [-0.25, -0.2) is 0 Å². The molecule has 0 spiro atoms. The highest BCUT2D eigenvalue weighted by molar-refractivity contribution is 5.72. The van der Waals surface area contributed by atoms with Crippen LogP contribution in [-0.4, -0.2) is 37.7 Å². The minimum atomic E-state index is -0.302. The average molecular weight is 401 g/mol. The SMILES string of the molecule is CCCCC(CC)COC(=O)CCCCOC(=O)CCCOC(=O)C(C)CC. The van der Waals surface area contributed by atoms with Gasteiger partial charge in [0, 0.05) is 12.8 Å². The Morgan fingerprint density at radius 1 is 0.750 bits per heavy atom. The second kappa shape index (κ2) is 17.5. The summed E-state index contributed by atoms with van der Waals surface area (Å²) in [6, 6.07) is 0. The smallest absolute Gasteiger partial charge is 0.308 e. The fourth-order valence-electron chi connectivity index (χ4n) is 2.51. The number of carbonyl (C=O) groups is 3. The lowest BCUT2D eigenvalue weighted by Crippen LogP contribution is -2.15. The summed E-state index contributed by atoms with van der Waals surface area (Å²) in [6.45, 7) is 9.08. The van der Waals surface area contributed by atoms with Crippen LogP contribution in [0.2, 0.25) is 0 Å². The molecular weight excluding hydrogens is 360 g/mol. The van der Waals surface area contributed by atoms with E-state index in [2.05, 4.69) is 13.8 Å². The number of carbonyl (C=O) groups excluding carboxylic acids is 3. The van der Waals surface area contributed by atoms with E-state index in [1.165, 1.54) is 6.42 Å². The van der Waals surface area contributed by atoms with E-state index in [0.29, 0.717) is 44.8 Å². The van der Waals surface area contributed by atoms with Crippen molar-refractivity contribution in [2.45, 2.75) is 91.9 Å². The Bertz CT molecular complexity index is 435. The van der Waals surface area contributed by atoms with Crippen molar-refractivity contribution in [3.05, 3.63) is 0 Å². The molecular formula is C22H40O6. The maximum absolute atomic E-state index is 11.8. The van der Waals surface area contributed by atoms with Gasteiger partial charge in [-0.2, -0.15) is 0 Å². The number of hydrogen-bond donors (Lipinski definition) is 0. The lowest BCUT2D eigenvalue weighted by Gasteiger charge is -2.14. The van der Waals surface area contributed by atoms with Crippen LogP contribution in [0.1, 0.15) is 91.9 Å². The van der Waals surface area contributed by atoms with E-state index in [1.54, 1.807) is 0 Å². The van der Waals surface area contributed by atoms with Crippen LogP contribution >= 0.6 is 0 Å². The highest BCUT2D eigenvalue weighted by Crippen LogP contribution is 2.13. The van der Waals surface area contributed by atoms with Crippen LogP contribution in [0, 0.1) is 11.8 Å². The first-order valence-electron chi connectivity index (χ1n) is 10.9. The molecule has 0 aromatic rings. The van der Waals surface area contributed by atoms with Crippen molar-refractivity contribution in [1.29, 1.82) is 0 Å². The first-order valence-corrected chi connectivity index (χ1v) is 10.9. The lowest BCUT2D eigenvalue weighted by molar-refractivity contribution is -0.150.